The van der Waals surface area contributed by atoms with E-state index in [2.05, 4.69) is 59.2 Å². The van der Waals surface area contributed by atoms with E-state index in [-0.39, 0.29) is 30.1 Å². The van der Waals surface area contributed by atoms with Gasteiger partial charge in [0.15, 0.2) is 0 Å². The number of halogens is 1. The predicted octanol–water partition coefficient (Wildman–Crippen LogP) is 4.44. The number of rotatable bonds is 6. The number of carbonyl (C=O) groups is 1. The summed E-state index contributed by atoms with van der Waals surface area (Å²) >= 11 is 0. The number of amides is 1. The first-order valence-corrected chi connectivity index (χ1v) is 10.6. The van der Waals surface area contributed by atoms with Crippen molar-refractivity contribution in [3.63, 3.8) is 0 Å². The summed E-state index contributed by atoms with van der Waals surface area (Å²) < 4.78 is 13.0. The highest BCUT2D eigenvalue weighted by Crippen LogP contribution is 2.31. The Balaban J connectivity index is 1.37. The first-order valence-electron chi connectivity index (χ1n) is 10.6. The van der Waals surface area contributed by atoms with Crippen LogP contribution in [0, 0.1) is 5.82 Å². The summed E-state index contributed by atoms with van der Waals surface area (Å²) in [6.45, 7) is 0.746. The van der Waals surface area contributed by atoms with Gasteiger partial charge in [0.25, 0.3) is 0 Å². The van der Waals surface area contributed by atoms with Crippen LogP contribution in [0.4, 0.5) is 4.39 Å². The van der Waals surface area contributed by atoms with E-state index in [4.69, 9.17) is 0 Å². The second kappa shape index (κ2) is 9.68. The number of hydrogen-bond acceptors (Lipinski definition) is 2. The van der Waals surface area contributed by atoms with E-state index in [9.17, 15) is 9.18 Å². The van der Waals surface area contributed by atoms with E-state index < -0.39 is 0 Å². The van der Waals surface area contributed by atoms with E-state index in [1.165, 1.54) is 23.3 Å². The SMILES string of the molecule is O=C(Cc1ccc(F)cc1)N[C@@H]1CC[C@H](C(c2ccccc2)c2ccccc2)NC1. The molecule has 0 saturated carbocycles. The van der Waals surface area contributed by atoms with Crippen molar-refractivity contribution in [1.29, 1.82) is 0 Å². The average Bonchev–Trinajstić information content (AvgIpc) is 2.78. The molecule has 3 aromatic rings. The summed E-state index contributed by atoms with van der Waals surface area (Å²) in [5.74, 6) is -0.0224. The predicted molar refractivity (Wildman–Crippen MR) is 118 cm³/mol. The third-order valence-corrected chi connectivity index (χ3v) is 5.82. The maximum Gasteiger partial charge on any atom is 0.224 e. The zero-order valence-corrected chi connectivity index (χ0v) is 16.9. The first kappa shape index (κ1) is 20.3. The summed E-state index contributed by atoms with van der Waals surface area (Å²) in [5.41, 5.74) is 3.43. The second-order valence-corrected chi connectivity index (χ2v) is 7.96. The molecule has 1 heterocycles. The van der Waals surface area contributed by atoms with Crippen molar-refractivity contribution in [1.82, 2.24) is 10.6 Å². The fourth-order valence-corrected chi connectivity index (χ4v) is 4.33. The standard InChI is InChI=1S/C26H27FN2O/c27-22-13-11-19(12-14-22)17-25(30)29-23-15-16-24(28-18-23)26(20-7-3-1-4-8-20)21-9-5-2-6-10-21/h1-14,23-24,26,28H,15-18H2,(H,29,30)/t23-,24-/m1/s1. The van der Waals surface area contributed by atoms with Gasteiger partial charge in [-0.3, -0.25) is 4.79 Å². The Kier molecular flexibility index (Phi) is 6.55. The molecule has 30 heavy (non-hydrogen) atoms. The Morgan fingerprint density at radius 3 is 2.03 bits per heavy atom. The van der Waals surface area contributed by atoms with Gasteiger partial charge in [-0.25, -0.2) is 4.39 Å². The third kappa shape index (κ3) is 5.14. The molecular weight excluding hydrogens is 375 g/mol. The van der Waals surface area contributed by atoms with Crippen LogP contribution >= 0.6 is 0 Å². The quantitative estimate of drug-likeness (QED) is 0.640. The molecule has 0 spiro atoms. The van der Waals surface area contributed by atoms with Gasteiger partial charge in [-0.1, -0.05) is 72.8 Å². The Morgan fingerprint density at radius 1 is 0.900 bits per heavy atom. The molecule has 0 aromatic heterocycles. The van der Waals surface area contributed by atoms with Crippen LogP contribution in [0.25, 0.3) is 0 Å². The van der Waals surface area contributed by atoms with Crippen molar-refractivity contribution in [2.75, 3.05) is 6.54 Å². The van der Waals surface area contributed by atoms with Gasteiger partial charge in [0.1, 0.15) is 5.82 Å². The van der Waals surface area contributed by atoms with Crippen molar-refractivity contribution in [2.45, 2.75) is 37.3 Å². The maximum absolute atomic E-state index is 13.0. The van der Waals surface area contributed by atoms with Gasteiger partial charge in [-0.05, 0) is 41.7 Å². The molecule has 4 rings (SSSR count). The molecule has 1 aliphatic rings. The van der Waals surface area contributed by atoms with Crippen LogP contribution in [0.1, 0.15) is 35.4 Å². The first-order chi connectivity index (χ1) is 14.7. The Morgan fingerprint density at radius 2 is 1.50 bits per heavy atom. The zero-order chi connectivity index (χ0) is 20.8. The molecule has 1 fully saturated rings. The average molecular weight is 403 g/mol. The van der Waals surface area contributed by atoms with Gasteiger partial charge < -0.3 is 10.6 Å². The largest absolute Gasteiger partial charge is 0.352 e. The minimum Gasteiger partial charge on any atom is -0.352 e. The fourth-order valence-electron chi connectivity index (χ4n) is 4.33. The number of nitrogens with one attached hydrogen (secondary N) is 2. The minimum atomic E-state index is -0.284. The van der Waals surface area contributed by atoms with E-state index >= 15 is 0 Å². The van der Waals surface area contributed by atoms with E-state index in [1.807, 2.05) is 12.1 Å². The van der Waals surface area contributed by atoms with Crippen LogP contribution < -0.4 is 10.6 Å². The van der Waals surface area contributed by atoms with Crippen LogP contribution in [0.3, 0.4) is 0 Å². The molecule has 2 N–H and O–H groups in total. The number of piperidine rings is 1. The van der Waals surface area contributed by atoms with Gasteiger partial charge in [0.2, 0.25) is 5.91 Å². The minimum absolute atomic E-state index is 0.0190. The lowest BCUT2D eigenvalue weighted by molar-refractivity contribution is -0.121. The van der Waals surface area contributed by atoms with Gasteiger partial charge in [-0.2, -0.15) is 0 Å². The van der Waals surface area contributed by atoms with Crippen molar-refractivity contribution < 1.29 is 9.18 Å². The topological polar surface area (TPSA) is 41.1 Å². The summed E-state index contributed by atoms with van der Waals surface area (Å²) in [4.78, 5) is 12.4. The molecule has 1 aliphatic heterocycles. The van der Waals surface area contributed by atoms with E-state index in [0.29, 0.717) is 6.04 Å². The molecule has 0 bridgehead atoms. The molecule has 1 amide bonds. The molecule has 154 valence electrons. The number of hydrogen-bond donors (Lipinski definition) is 2. The molecule has 0 unspecified atom stereocenters. The molecule has 4 heteroatoms. The normalized spacial score (nSPS) is 18.9. The molecular formula is C26H27FN2O. The summed E-state index contributed by atoms with van der Waals surface area (Å²) in [6, 6.07) is 27.8. The van der Waals surface area contributed by atoms with Crippen molar-refractivity contribution in [2.24, 2.45) is 0 Å². The van der Waals surface area contributed by atoms with Gasteiger partial charge in [0, 0.05) is 24.5 Å². The van der Waals surface area contributed by atoms with E-state index in [0.717, 1.165) is 24.9 Å². The van der Waals surface area contributed by atoms with Crippen LogP contribution in [0.2, 0.25) is 0 Å². The van der Waals surface area contributed by atoms with E-state index in [1.54, 1.807) is 12.1 Å². The highest BCUT2D eigenvalue weighted by Gasteiger charge is 2.29. The molecule has 0 radical (unpaired) electrons. The van der Waals surface area contributed by atoms with Gasteiger partial charge >= 0.3 is 0 Å². The smallest absolute Gasteiger partial charge is 0.224 e. The van der Waals surface area contributed by atoms with Crippen molar-refractivity contribution >= 4 is 5.91 Å². The lowest BCUT2D eigenvalue weighted by Gasteiger charge is -2.36. The van der Waals surface area contributed by atoms with Crippen LogP contribution in [0.5, 0.6) is 0 Å². The highest BCUT2D eigenvalue weighted by molar-refractivity contribution is 5.78. The van der Waals surface area contributed by atoms with Crippen LogP contribution in [-0.4, -0.2) is 24.5 Å². The molecule has 1 saturated heterocycles. The van der Waals surface area contributed by atoms with Crippen LogP contribution in [-0.2, 0) is 11.2 Å². The maximum atomic E-state index is 13.0. The molecule has 3 aromatic carbocycles. The summed E-state index contributed by atoms with van der Waals surface area (Å²) in [6.07, 6.45) is 2.19. The Labute approximate surface area is 177 Å². The number of carbonyl (C=O) groups excluding carboxylic acids is 1. The summed E-state index contributed by atoms with van der Waals surface area (Å²) in [5, 5.41) is 6.80. The van der Waals surface area contributed by atoms with Crippen LogP contribution in [0.15, 0.2) is 84.9 Å². The van der Waals surface area contributed by atoms with Crippen molar-refractivity contribution in [3.05, 3.63) is 107 Å². The Bertz CT molecular complexity index is 896. The molecule has 3 nitrogen and oxygen atoms in total. The second-order valence-electron chi connectivity index (χ2n) is 7.96. The number of benzene rings is 3. The molecule has 2 atom stereocenters. The molecule has 0 aliphatic carbocycles. The highest BCUT2D eigenvalue weighted by atomic mass is 19.1. The Hall–Kier alpha value is -2.98. The lowest BCUT2D eigenvalue weighted by atomic mass is 9.81. The summed E-state index contributed by atoms with van der Waals surface area (Å²) in [7, 11) is 0. The fraction of sp³-hybridized carbons (Fsp3) is 0.269. The van der Waals surface area contributed by atoms with Gasteiger partial charge in [0.05, 0.1) is 6.42 Å². The van der Waals surface area contributed by atoms with Crippen molar-refractivity contribution in [3.8, 4) is 0 Å². The zero-order valence-electron chi connectivity index (χ0n) is 16.9. The van der Waals surface area contributed by atoms with Gasteiger partial charge in [-0.15, -0.1) is 0 Å². The third-order valence-electron chi connectivity index (χ3n) is 5.82. The lowest BCUT2D eigenvalue weighted by Crippen LogP contribution is -2.51. The monoisotopic (exact) mass is 402 g/mol.